The average Bonchev–Trinajstić information content (AvgIpc) is 2.64. The Labute approximate surface area is 80.0 Å². The normalized spacial score (nSPS) is 10.5. The van der Waals surface area contributed by atoms with Gasteiger partial charge in [-0.1, -0.05) is 0 Å². The Morgan fingerprint density at radius 3 is 3.00 bits per heavy atom. The third kappa shape index (κ3) is 1.70. The molecule has 0 amide bonds. The summed E-state index contributed by atoms with van der Waals surface area (Å²) < 4.78 is 1.73. The molecule has 0 unspecified atom stereocenters. The Morgan fingerprint density at radius 2 is 2.46 bits per heavy atom. The number of thiazole rings is 1. The van der Waals surface area contributed by atoms with Crippen molar-refractivity contribution in [3.05, 3.63) is 28.3 Å². The Balaban J connectivity index is 2.19. The van der Waals surface area contributed by atoms with E-state index in [1.54, 1.807) is 28.3 Å². The molecule has 0 radical (unpaired) electrons. The summed E-state index contributed by atoms with van der Waals surface area (Å²) in [4.78, 5) is 4.33. The van der Waals surface area contributed by atoms with Crippen LogP contribution in [0.25, 0.3) is 0 Å². The molecule has 0 atom stereocenters. The highest BCUT2D eigenvalue weighted by Gasteiger charge is 2.02. The highest BCUT2D eigenvalue weighted by Crippen LogP contribution is 2.11. The van der Waals surface area contributed by atoms with Gasteiger partial charge in [-0.3, -0.25) is 0 Å². The Bertz CT molecular complexity index is 404. The molecule has 0 aromatic carbocycles. The van der Waals surface area contributed by atoms with E-state index in [-0.39, 0.29) is 0 Å². The van der Waals surface area contributed by atoms with Crippen LogP contribution in [-0.4, -0.2) is 14.8 Å². The van der Waals surface area contributed by atoms with Crippen LogP contribution in [0.2, 0.25) is 0 Å². The van der Waals surface area contributed by atoms with Gasteiger partial charge in [-0.15, -0.1) is 11.3 Å². The minimum atomic E-state index is 0.664. The van der Waals surface area contributed by atoms with Crippen molar-refractivity contribution >= 4 is 17.2 Å². The van der Waals surface area contributed by atoms with Gasteiger partial charge in [0.05, 0.1) is 12.7 Å². The van der Waals surface area contributed by atoms with Crippen LogP contribution >= 0.6 is 11.3 Å². The zero-order chi connectivity index (χ0) is 9.26. The van der Waals surface area contributed by atoms with Crippen molar-refractivity contribution in [2.45, 2.75) is 13.5 Å². The summed E-state index contributed by atoms with van der Waals surface area (Å²) in [6.07, 6.45) is 1.69. The van der Waals surface area contributed by atoms with Crippen molar-refractivity contribution in [3.8, 4) is 0 Å². The number of nitrogens with zero attached hydrogens (tertiary/aromatic N) is 3. The molecule has 4 nitrogen and oxygen atoms in total. The molecule has 0 spiro atoms. The number of hydrogen-bond acceptors (Lipinski definition) is 4. The minimum Gasteiger partial charge on any atom is -0.384 e. The lowest BCUT2D eigenvalue weighted by atomic mass is 10.5. The number of hydrogen-bond donors (Lipinski definition) is 1. The molecule has 0 aliphatic carbocycles. The average molecular weight is 194 g/mol. The van der Waals surface area contributed by atoms with E-state index in [0.717, 1.165) is 10.7 Å². The second-order valence-corrected chi connectivity index (χ2v) is 3.74. The van der Waals surface area contributed by atoms with Gasteiger partial charge in [0.1, 0.15) is 10.8 Å². The molecule has 2 rings (SSSR count). The number of rotatable bonds is 2. The molecule has 0 saturated heterocycles. The molecule has 0 fully saturated rings. The molecule has 13 heavy (non-hydrogen) atoms. The summed E-state index contributed by atoms with van der Waals surface area (Å²) >= 11 is 1.63. The van der Waals surface area contributed by atoms with Crippen molar-refractivity contribution < 1.29 is 0 Å². The molecule has 2 aromatic rings. The van der Waals surface area contributed by atoms with Crippen LogP contribution in [0.4, 0.5) is 5.82 Å². The second-order valence-electron chi connectivity index (χ2n) is 2.80. The first-order chi connectivity index (χ1) is 6.25. The molecule has 0 saturated carbocycles. The van der Waals surface area contributed by atoms with Crippen LogP contribution < -0.4 is 5.73 Å². The number of aromatic nitrogens is 3. The van der Waals surface area contributed by atoms with Gasteiger partial charge in [-0.05, 0) is 13.0 Å². The zero-order valence-corrected chi connectivity index (χ0v) is 8.08. The van der Waals surface area contributed by atoms with Crippen LogP contribution in [0.3, 0.4) is 0 Å². The zero-order valence-electron chi connectivity index (χ0n) is 7.27. The van der Waals surface area contributed by atoms with Gasteiger partial charge in [0, 0.05) is 11.1 Å². The number of anilines is 1. The third-order valence-corrected chi connectivity index (χ3v) is 2.65. The van der Waals surface area contributed by atoms with Crippen LogP contribution in [0.5, 0.6) is 0 Å². The van der Waals surface area contributed by atoms with Crippen LogP contribution in [0.1, 0.15) is 10.7 Å². The lowest BCUT2D eigenvalue weighted by molar-refractivity contribution is 0.692. The first-order valence-electron chi connectivity index (χ1n) is 3.94. The Kier molecular flexibility index (Phi) is 2.02. The first-order valence-corrected chi connectivity index (χ1v) is 4.82. The van der Waals surface area contributed by atoms with Gasteiger partial charge in [-0.2, -0.15) is 5.10 Å². The topological polar surface area (TPSA) is 56.7 Å². The predicted octanol–water partition coefficient (Wildman–Crippen LogP) is 1.28. The monoisotopic (exact) mass is 194 g/mol. The molecule has 2 heterocycles. The fourth-order valence-corrected chi connectivity index (χ4v) is 1.83. The van der Waals surface area contributed by atoms with E-state index in [2.05, 4.69) is 10.1 Å². The molecular weight excluding hydrogens is 184 g/mol. The van der Waals surface area contributed by atoms with Crippen LogP contribution in [-0.2, 0) is 6.54 Å². The molecule has 0 aliphatic heterocycles. The second kappa shape index (κ2) is 3.18. The van der Waals surface area contributed by atoms with E-state index in [0.29, 0.717) is 12.4 Å². The summed E-state index contributed by atoms with van der Waals surface area (Å²) in [7, 11) is 0. The quantitative estimate of drug-likeness (QED) is 0.783. The van der Waals surface area contributed by atoms with Gasteiger partial charge >= 0.3 is 0 Å². The lowest BCUT2D eigenvalue weighted by Gasteiger charge is -1.99. The van der Waals surface area contributed by atoms with Gasteiger partial charge < -0.3 is 5.73 Å². The molecule has 0 bridgehead atoms. The minimum absolute atomic E-state index is 0.664. The molecule has 0 aliphatic rings. The fraction of sp³-hybridized carbons (Fsp3) is 0.250. The summed E-state index contributed by atoms with van der Waals surface area (Å²) in [6, 6.07) is 1.78. The summed E-state index contributed by atoms with van der Waals surface area (Å²) in [6.45, 7) is 2.64. The van der Waals surface area contributed by atoms with E-state index < -0.39 is 0 Å². The molecule has 2 aromatic heterocycles. The standard InChI is InChI=1S/C8H10N4S/c1-6-5-13-8(11-6)4-12-7(9)2-3-10-12/h2-3,5H,4,9H2,1H3. The highest BCUT2D eigenvalue weighted by atomic mass is 32.1. The molecule has 5 heteroatoms. The van der Waals surface area contributed by atoms with E-state index in [9.17, 15) is 0 Å². The maximum atomic E-state index is 5.67. The third-order valence-electron chi connectivity index (χ3n) is 1.70. The Morgan fingerprint density at radius 1 is 1.62 bits per heavy atom. The van der Waals surface area contributed by atoms with Crippen molar-refractivity contribution in [1.29, 1.82) is 0 Å². The van der Waals surface area contributed by atoms with Crippen molar-refractivity contribution in [1.82, 2.24) is 14.8 Å². The number of aryl methyl sites for hydroxylation is 1. The van der Waals surface area contributed by atoms with E-state index >= 15 is 0 Å². The molecular formula is C8H10N4S. The number of nitrogens with two attached hydrogens (primary N) is 1. The predicted molar refractivity (Wildman–Crippen MR) is 52.6 cm³/mol. The van der Waals surface area contributed by atoms with E-state index in [4.69, 9.17) is 5.73 Å². The summed E-state index contributed by atoms with van der Waals surface area (Å²) in [5, 5.41) is 7.14. The van der Waals surface area contributed by atoms with Crippen molar-refractivity contribution in [2.75, 3.05) is 5.73 Å². The maximum absolute atomic E-state index is 5.67. The largest absolute Gasteiger partial charge is 0.384 e. The van der Waals surface area contributed by atoms with Gasteiger partial charge in [0.15, 0.2) is 0 Å². The van der Waals surface area contributed by atoms with Gasteiger partial charge in [0.2, 0.25) is 0 Å². The van der Waals surface area contributed by atoms with E-state index in [1.165, 1.54) is 0 Å². The van der Waals surface area contributed by atoms with Crippen LogP contribution in [0.15, 0.2) is 17.6 Å². The van der Waals surface area contributed by atoms with Crippen LogP contribution in [0, 0.1) is 6.92 Å². The SMILES string of the molecule is Cc1csc(Cn2nccc2N)n1. The van der Waals surface area contributed by atoms with Crippen molar-refractivity contribution in [3.63, 3.8) is 0 Å². The van der Waals surface area contributed by atoms with E-state index in [1.807, 2.05) is 12.3 Å². The molecule has 68 valence electrons. The lowest BCUT2D eigenvalue weighted by Crippen LogP contribution is -2.05. The fourth-order valence-electron chi connectivity index (χ4n) is 1.08. The Hall–Kier alpha value is -1.36. The van der Waals surface area contributed by atoms with Gasteiger partial charge in [-0.25, -0.2) is 9.67 Å². The smallest absolute Gasteiger partial charge is 0.122 e. The first kappa shape index (κ1) is 8.25. The summed E-state index contributed by atoms with van der Waals surface area (Å²) in [5.41, 5.74) is 6.72. The molecule has 2 N–H and O–H groups in total. The maximum Gasteiger partial charge on any atom is 0.122 e. The number of nitrogen functional groups attached to an aromatic ring is 1. The van der Waals surface area contributed by atoms with Gasteiger partial charge in [0.25, 0.3) is 0 Å². The summed E-state index contributed by atoms with van der Waals surface area (Å²) in [5.74, 6) is 0.674. The van der Waals surface area contributed by atoms with Crippen molar-refractivity contribution in [2.24, 2.45) is 0 Å². The highest BCUT2D eigenvalue weighted by molar-refractivity contribution is 7.09.